The van der Waals surface area contributed by atoms with E-state index in [1.165, 1.54) is 250 Å². The molecule has 90 heavy (non-hydrogen) atoms. The molecule has 0 bridgehead atoms. The van der Waals surface area contributed by atoms with Gasteiger partial charge in [0.05, 0.1) is 32.0 Å². The van der Waals surface area contributed by atoms with Crippen LogP contribution < -0.4 is 5.32 Å². The molecule has 0 aromatic rings. The van der Waals surface area contributed by atoms with E-state index < -0.39 is 49.5 Å². The smallest absolute Gasteiger partial charge is 0.305 e. The summed E-state index contributed by atoms with van der Waals surface area (Å²) in [5.41, 5.74) is 0. The van der Waals surface area contributed by atoms with Crippen LogP contribution in [0.3, 0.4) is 0 Å². The Morgan fingerprint density at radius 2 is 0.789 bits per heavy atom. The second kappa shape index (κ2) is 67.5. The lowest BCUT2D eigenvalue weighted by molar-refractivity contribution is -0.302. The van der Waals surface area contributed by atoms with E-state index in [0.29, 0.717) is 19.4 Å². The highest BCUT2D eigenvalue weighted by molar-refractivity contribution is 5.76. The molecule has 0 saturated carbocycles. The number of carbonyl (C=O) groups is 2. The molecule has 11 heteroatoms. The number of ether oxygens (including phenoxy) is 3. The highest BCUT2D eigenvalue weighted by Gasteiger charge is 2.44. The van der Waals surface area contributed by atoms with Crippen molar-refractivity contribution >= 4 is 11.9 Å². The number of hydrogen-bond acceptors (Lipinski definition) is 10. The predicted octanol–water partition coefficient (Wildman–Crippen LogP) is 20.2. The van der Waals surface area contributed by atoms with E-state index in [-0.39, 0.29) is 18.5 Å². The van der Waals surface area contributed by atoms with Gasteiger partial charge in [-0.3, -0.25) is 9.59 Å². The fourth-order valence-corrected chi connectivity index (χ4v) is 11.8. The lowest BCUT2D eigenvalue weighted by atomic mass is 9.99. The van der Waals surface area contributed by atoms with Crippen molar-refractivity contribution in [1.29, 1.82) is 0 Å². The van der Waals surface area contributed by atoms with Crippen molar-refractivity contribution in [1.82, 2.24) is 5.32 Å². The molecular formula is C79H143NO10. The molecule has 0 spiro atoms. The summed E-state index contributed by atoms with van der Waals surface area (Å²) in [6.07, 6.45) is 82.3. The Balaban J connectivity index is 1.90. The van der Waals surface area contributed by atoms with Crippen LogP contribution in [0.25, 0.3) is 0 Å². The van der Waals surface area contributed by atoms with Crippen molar-refractivity contribution in [3.05, 3.63) is 72.9 Å². The summed E-state index contributed by atoms with van der Waals surface area (Å²) in [6, 6.07) is -0.833. The van der Waals surface area contributed by atoms with Crippen LogP contribution in [0, 0.1) is 0 Å². The van der Waals surface area contributed by atoms with Gasteiger partial charge in [-0.2, -0.15) is 0 Å². The number of esters is 1. The van der Waals surface area contributed by atoms with Crippen molar-refractivity contribution in [2.75, 3.05) is 19.8 Å². The average Bonchev–Trinajstić information content (AvgIpc) is 1.78. The van der Waals surface area contributed by atoms with Crippen molar-refractivity contribution in [2.45, 2.75) is 397 Å². The van der Waals surface area contributed by atoms with E-state index in [1.54, 1.807) is 6.08 Å². The monoisotopic (exact) mass is 1270 g/mol. The third-order valence-electron chi connectivity index (χ3n) is 17.8. The predicted molar refractivity (Wildman–Crippen MR) is 380 cm³/mol. The number of amides is 1. The Kier molecular flexibility index (Phi) is 63.9. The number of unbranched alkanes of at least 4 members (excludes halogenated alkanes) is 43. The maximum Gasteiger partial charge on any atom is 0.305 e. The van der Waals surface area contributed by atoms with Crippen molar-refractivity contribution in [3.63, 3.8) is 0 Å². The quantitative estimate of drug-likeness (QED) is 0.0195. The van der Waals surface area contributed by atoms with Gasteiger partial charge in [0.2, 0.25) is 5.91 Å². The zero-order chi connectivity index (χ0) is 65.1. The van der Waals surface area contributed by atoms with Gasteiger partial charge in [-0.1, -0.05) is 305 Å². The lowest BCUT2D eigenvalue weighted by Crippen LogP contribution is -2.60. The summed E-state index contributed by atoms with van der Waals surface area (Å²) in [5, 5.41) is 54.3. The molecular weight excluding hydrogens is 1120 g/mol. The molecule has 1 amide bonds. The van der Waals surface area contributed by atoms with E-state index in [1.807, 2.05) is 6.08 Å². The van der Waals surface area contributed by atoms with Gasteiger partial charge in [-0.25, -0.2) is 0 Å². The molecule has 524 valence electrons. The van der Waals surface area contributed by atoms with Gasteiger partial charge in [-0.15, -0.1) is 0 Å². The second-order valence-corrected chi connectivity index (χ2v) is 26.3. The Bertz CT molecular complexity index is 1730. The molecule has 6 N–H and O–H groups in total. The number of carbonyl (C=O) groups excluding carboxylic acids is 2. The normalized spacial score (nSPS) is 18.1. The van der Waals surface area contributed by atoms with Crippen LogP contribution >= 0.6 is 0 Å². The molecule has 0 aromatic heterocycles. The SMILES string of the molecule is CC/C=C/CC/C=C/CC/C=C/C(O)C(COC1OC(CO)C(O)C(O)C1O)NC(=O)CCCCCCCCCCCCCCCCCCC/C=C\C/C=C\CCCCCCCCCCCCCOC(=O)CCCCCCCCC/C=C\CCCCCCCC. The van der Waals surface area contributed by atoms with Crippen LogP contribution in [-0.2, 0) is 23.8 Å². The van der Waals surface area contributed by atoms with E-state index in [9.17, 15) is 35.1 Å². The van der Waals surface area contributed by atoms with Crippen molar-refractivity contribution < 1.29 is 49.3 Å². The first-order valence-corrected chi connectivity index (χ1v) is 38.2. The Morgan fingerprint density at radius 3 is 1.22 bits per heavy atom. The summed E-state index contributed by atoms with van der Waals surface area (Å²) in [7, 11) is 0. The average molecular weight is 1270 g/mol. The minimum Gasteiger partial charge on any atom is -0.466 e. The van der Waals surface area contributed by atoms with Gasteiger partial charge in [0.1, 0.15) is 24.4 Å². The molecule has 1 saturated heterocycles. The van der Waals surface area contributed by atoms with Crippen LogP contribution in [0.2, 0.25) is 0 Å². The minimum absolute atomic E-state index is 0.00629. The number of nitrogens with one attached hydrogen (secondary N) is 1. The first-order chi connectivity index (χ1) is 44.2. The highest BCUT2D eigenvalue weighted by atomic mass is 16.7. The maximum atomic E-state index is 13.0. The first-order valence-electron chi connectivity index (χ1n) is 38.2. The van der Waals surface area contributed by atoms with Gasteiger partial charge in [-0.05, 0) is 109 Å². The Hall–Kier alpha value is -2.90. The maximum absolute atomic E-state index is 13.0. The Morgan fingerprint density at radius 1 is 0.422 bits per heavy atom. The number of hydrogen-bond donors (Lipinski definition) is 6. The largest absolute Gasteiger partial charge is 0.466 e. The molecule has 7 atom stereocenters. The second-order valence-electron chi connectivity index (χ2n) is 26.3. The van der Waals surface area contributed by atoms with E-state index >= 15 is 0 Å². The number of aliphatic hydroxyl groups is 5. The number of aliphatic hydroxyl groups excluding tert-OH is 5. The fraction of sp³-hybridized carbons (Fsp3) is 0.823. The summed E-state index contributed by atoms with van der Waals surface area (Å²) < 4.78 is 16.7. The Labute approximate surface area is 553 Å². The summed E-state index contributed by atoms with van der Waals surface area (Å²) in [5.74, 6) is -0.190. The molecule has 7 unspecified atom stereocenters. The first kappa shape index (κ1) is 85.1. The van der Waals surface area contributed by atoms with Gasteiger partial charge in [0, 0.05) is 12.8 Å². The van der Waals surface area contributed by atoms with Gasteiger partial charge in [0.25, 0.3) is 0 Å². The standard InChI is InChI=1S/C79H143NO10/c1-3-5-7-9-11-13-15-16-17-37-41-44-47-51-55-59-63-67-75(84)88-68-64-60-56-52-48-45-42-39-36-34-32-30-28-26-24-22-20-18-19-21-23-25-27-29-31-33-35-38-40-43-46-50-54-58-62-66-74(83)80-71(70-89-79-78(87)77(86)76(85)73(69-81)90-79)72(82)65-61-57-53-49-14-12-10-8-6-4-2/h6,8,14,16-17,20,22,26,28,49,61,65,71-73,76-79,81-82,85-87H,3-5,7,9-13,15,18-19,21,23-25,27,29-48,50-60,62-64,66-70H2,1-2H3,(H,80,83)/b8-6+,17-16-,22-20-,28-26-,49-14+,65-61+. The molecule has 1 heterocycles. The number of rotatable bonds is 67. The lowest BCUT2D eigenvalue weighted by Gasteiger charge is -2.40. The van der Waals surface area contributed by atoms with Crippen LogP contribution in [0.5, 0.6) is 0 Å². The summed E-state index contributed by atoms with van der Waals surface area (Å²) >= 11 is 0. The van der Waals surface area contributed by atoms with E-state index in [2.05, 4.69) is 79.9 Å². The minimum atomic E-state index is -1.58. The third kappa shape index (κ3) is 55.5. The van der Waals surface area contributed by atoms with Crippen LogP contribution in [0.4, 0.5) is 0 Å². The fourth-order valence-electron chi connectivity index (χ4n) is 11.8. The van der Waals surface area contributed by atoms with Crippen LogP contribution in [-0.4, -0.2) is 100 Å². The zero-order valence-electron chi connectivity index (χ0n) is 58.3. The van der Waals surface area contributed by atoms with Crippen LogP contribution in [0.1, 0.15) is 354 Å². The van der Waals surface area contributed by atoms with Crippen molar-refractivity contribution in [3.8, 4) is 0 Å². The van der Waals surface area contributed by atoms with Gasteiger partial charge in [0.15, 0.2) is 6.29 Å². The van der Waals surface area contributed by atoms with E-state index in [4.69, 9.17) is 14.2 Å². The van der Waals surface area contributed by atoms with Gasteiger partial charge < -0.3 is 45.1 Å². The van der Waals surface area contributed by atoms with Crippen molar-refractivity contribution in [2.24, 2.45) is 0 Å². The summed E-state index contributed by atoms with van der Waals surface area (Å²) in [4.78, 5) is 25.1. The summed E-state index contributed by atoms with van der Waals surface area (Å²) in [6.45, 7) is 4.22. The topological polar surface area (TPSA) is 175 Å². The van der Waals surface area contributed by atoms with Crippen LogP contribution in [0.15, 0.2) is 72.9 Å². The molecule has 0 aliphatic carbocycles. The zero-order valence-corrected chi connectivity index (χ0v) is 58.3. The molecule has 0 radical (unpaired) electrons. The molecule has 1 aliphatic rings. The molecule has 1 aliphatic heterocycles. The third-order valence-corrected chi connectivity index (χ3v) is 17.8. The molecule has 1 fully saturated rings. The highest BCUT2D eigenvalue weighted by Crippen LogP contribution is 2.23. The van der Waals surface area contributed by atoms with E-state index in [0.717, 1.165) is 77.0 Å². The molecule has 0 aromatic carbocycles. The molecule has 1 rings (SSSR count). The number of allylic oxidation sites excluding steroid dienone is 11. The molecule has 11 nitrogen and oxygen atoms in total. The van der Waals surface area contributed by atoms with Gasteiger partial charge >= 0.3 is 5.97 Å².